The van der Waals surface area contributed by atoms with Gasteiger partial charge in [-0.1, -0.05) is 25.7 Å². The molecule has 0 aromatic carbocycles. The van der Waals surface area contributed by atoms with Crippen molar-refractivity contribution in [2.45, 2.75) is 57.5 Å². The first-order valence-corrected chi connectivity index (χ1v) is 5.02. The summed E-state index contributed by atoms with van der Waals surface area (Å²) < 4.78 is 0. The van der Waals surface area contributed by atoms with Crippen LogP contribution in [0.3, 0.4) is 0 Å². The molecule has 2 rings (SSSR count). The van der Waals surface area contributed by atoms with Crippen molar-refractivity contribution in [2.75, 3.05) is 0 Å². The second-order valence-electron chi connectivity index (χ2n) is 4.33. The van der Waals surface area contributed by atoms with Gasteiger partial charge in [0.05, 0.1) is 6.10 Å². The van der Waals surface area contributed by atoms with Gasteiger partial charge in [-0.3, -0.25) is 0 Å². The minimum Gasteiger partial charge on any atom is -0.393 e. The molecule has 1 heteroatoms. The highest BCUT2D eigenvalue weighted by Gasteiger charge is 2.41. The Morgan fingerprint density at radius 3 is 2.00 bits per heavy atom. The van der Waals surface area contributed by atoms with E-state index in [1.54, 1.807) is 0 Å². The van der Waals surface area contributed by atoms with Crippen LogP contribution < -0.4 is 0 Å². The average molecular weight is 154 g/mol. The summed E-state index contributed by atoms with van der Waals surface area (Å²) in [5.41, 5.74) is 0.387. The summed E-state index contributed by atoms with van der Waals surface area (Å²) in [6.45, 7) is 0. The summed E-state index contributed by atoms with van der Waals surface area (Å²) in [5.74, 6) is 0. The minimum absolute atomic E-state index is 0.0405. The van der Waals surface area contributed by atoms with Crippen molar-refractivity contribution in [3.63, 3.8) is 0 Å². The molecule has 0 aromatic heterocycles. The van der Waals surface area contributed by atoms with Crippen molar-refractivity contribution in [1.29, 1.82) is 0 Å². The van der Waals surface area contributed by atoms with Crippen LogP contribution in [0.5, 0.6) is 0 Å². The summed E-state index contributed by atoms with van der Waals surface area (Å²) in [4.78, 5) is 0. The molecule has 0 amide bonds. The van der Waals surface area contributed by atoms with E-state index in [0.29, 0.717) is 5.41 Å². The molecule has 11 heavy (non-hydrogen) atoms. The van der Waals surface area contributed by atoms with E-state index in [2.05, 4.69) is 0 Å². The lowest BCUT2D eigenvalue weighted by Gasteiger charge is -2.38. The second-order valence-corrected chi connectivity index (χ2v) is 4.33. The van der Waals surface area contributed by atoms with Gasteiger partial charge < -0.3 is 5.11 Å². The van der Waals surface area contributed by atoms with E-state index < -0.39 is 0 Å². The molecular formula is C10H18O. The number of aliphatic hydroxyl groups excluding tert-OH is 1. The highest BCUT2D eigenvalue weighted by atomic mass is 16.3. The maximum absolute atomic E-state index is 9.86. The fraction of sp³-hybridized carbons (Fsp3) is 1.00. The maximum Gasteiger partial charge on any atom is 0.0596 e. The predicted octanol–water partition coefficient (Wildman–Crippen LogP) is 2.48. The van der Waals surface area contributed by atoms with Crippen molar-refractivity contribution in [1.82, 2.24) is 0 Å². The Kier molecular flexibility index (Phi) is 1.92. The van der Waals surface area contributed by atoms with Gasteiger partial charge in [-0.05, 0) is 31.1 Å². The molecule has 1 N–H and O–H groups in total. The lowest BCUT2D eigenvalue weighted by Crippen LogP contribution is -2.35. The number of rotatable bonds is 0. The van der Waals surface area contributed by atoms with Crippen LogP contribution in [-0.2, 0) is 0 Å². The van der Waals surface area contributed by atoms with E-state index in [0.717, 1.165) is 6.42 Å². The second kappa shape index (κ2) is 2.78. The normalized spacial score (nSPS) is 36.3. The monoisotopic (exact) mass is 154 g/mol. The molecule has 2 saturated carbocycles. The van der Waals surface area contributed by atoms with Gasteiger partial charge in [0.15, 0.2) is 0 Å². The first-order valence-electron chi connectivity index (χ1n) is 5.02. The van der Waals surface area contributed by atoms with Crippen LogP contribution in [0.2, 0.25) is 0 Å². The zero-order valence-electron chi connectivity index (χ0n) is 7.18. The molecule has 0 heterocycles. The molecule has 0 aromatic rings. The van der Waals surface area contributed by atoms with Crippen LogP contribution in [0.15, 0.2) is 0 Å². The topological polar surface area (TPSA) is 20.2 Å². The predicted molar refractivity (Wildman–Crippen MR) is 45.4 cm³/mol. The van der Waals surface area contributed by atoms with Gasteiger partial charge in [0.2, 0.25) is 0 Å². The van der Waals surface area contributed by atoms with Crippen molar-refractivity contribution >= 4 is 0 Å². The molecule has 2 aliphatic carbocycles. The van der Waals surface area contributed by atoms with Gasteiger partial charge in [0.1, 0.15) is 0 Å². The Morgan fingerprint density at radius 1 is 0.909 bits per heavy atom. The summed E-state index contributed by atoms with van der Waals surface area (Å²) in [5, 5.41) is 9.86. The third-order valence-electron chi connectivity index (χ3n) is 3.71. The van der Waals surface area contributed by atoms with Crippen LogP contribution in [-0.4, -0.2) is 11.2 Å². The smallest absolute Gasteiger partial charge is 0.0596 e. The molecule has 0 bridgehead atoms. The van der Waals surface area contributed by atoms with Crippen LogP contribution >= 0.6 is 0 Å². The Balaban J connectivity index is 2.07. The Hall–Kier alpha value is -0.0400. The lowest BCUT2D eigenvalue weighted by molar-refractivity contribution is -0.00736. The van der Waals surface area contributed by atoms with E-state index >= 15 is 0 Å². The van der Waals surface area contributed by atoms with Gasteiger partial charge >= 0.3 is 0 Å². The molecular weight excluding hydrogens is 136 g/mol. The zero-order valence-corrected chi connectivity index (χ0v) is 7.18. The van der Waals surface area contributed by atoms with E-state index in [4.69, 9.17) is 0 Å². The quantitative estimate of drug-likeness (QED) is 0.568. The Morgan fingerprint density at radius 2 is 1.45 bits per heavy atom. The summed E-state index contributed by atoms with van der Waals surface area (Å²) >= 11 is 0. The van der Waals surface area contributed by atoms with Crippen molar-refractivity contribution < 1.29 is 5.11 Å². The number of aliphatic hydroxyl groups is 1. The molecule has 1 unspecified atom stereocenters. The highest BCUT2D eigenvalue weighted by Crippen LogP contribution is 2.48. The standard InChI is InChI=1S/C10H18O/c11-9-5-1-2-6-10(9)7-3-4-8-10/h9,11H,1-8H2. The van der Waals surface area contributed by atoms with E-state index in [1.165, 1.54) is 44.9 Å². The summed E-state index contributed by atoms with van der Waals surface area (Å²) in [6, 6.07) is 0. The highest BCUT2D eigenvalue weighted by molar-refractivity contribution is 4.93. The first kappa shape index (κ1) is 7.60. The van der Waals surface area contributed by atoms with Gasteiger partial charge in [0, 0.05) is 0 Å². The number of hydrogen-bond acceptors (Lipinski definition) is 1. The molecule has 1 atom stereocenters. The minimum atomic E-state index is 0.0405. The summed E-state index contributed by atoms with van der Waals surface area (Å²) in [6.07, 6.45) is 10.3. The van der Waals surface area contributed by atoms with Crippen LogP contribution in [0.4, 0.5) is 0 Å². The van der Waals surface area contributed by atoms with E-state index in [9.17, 15) is 5.11 Å². The summed E-state index contributed by atoms with van der Waals surface area (Å²) in [7, 11) is 0. The van der Waals surface area contributed by atoms with Gasteiger partial charge in [0.25, 0.3) is 0 Å². The molecule has 1 nitrogen and oxygen atoms in total. The SMILES string of the molecule is OC1CCCCC12CCCC2. The van der Waals surface area contributed by atoms with Crippen molar-refractivity contribution in [3.05, 3.63) is 0 Å². The van der Waals surface area contributed by atoms with Crippen LogP contribution in [0.25, 0.3) is 0 Å². The van der Waals surface area contributed by atoms with Gasteiger partial charge in [-0.15, -0.1) is 0 Å². The lowest BCUT2D eigenvalue weighted by atomic mass is 9.71. The molecule has 0 saturated heterocycles. The fourth-order valence-corrected chi connectivity index (χ4v) is 2.95. The fourth-order valence-electron chi connectivity index (χ4n) is 2.95. The maximum atomic E-state index is 9.86. The largest absolute Gasteiger partial charge is 0.393 e. The van der Waals surface area contributed by atoms with Gasteiger partial charge in [-0.25, -0.2) is 0 Å². The average Bonchev–Trinajstić information content (AvgIpc) is 2.46. The van der Waals surface area contributed by atoms with E-state index in [1.807, 2.05) is 0 Å². The first-order chi connectivity index (χ1) is 5.33. The van der Waals surface area contributed by atoms with Crippen LogP contribution in [0.1, 0.15) is 51.4 Å². The van der Waals surface area contributed by atoms with E-state index in [-0.39, 0.29) is 6.10 Å². The molecule has 0 aliphatic heterocycles. The Labute approximate surface area is 68.8 Å². The van der Waals surface area contributed by atoms with Crippen molar-refractivity contribution in [3.8, 4) is 0 Å². The van der Waals surface area contributed by atoms with Gasteiger partial charge in [-0.2, -0.15) is 0 Å². The third kappa shape index (κ3) is 1.20. The molecule has 1 spiro atoms. The van der Waals surface area contributed by atoms with Crippen molar-refractivity contribution in [2.24, 2.45) is 5.41 Å². The third-order valence-corrected chi connectivity index (χ3v) is 3.71. The van der Waals surface area contributed by atoms with Crippen LogP contribution in [0, 0.1) is 5.41 Å². The number of hydrogen-bond donors (Lipinski definition) is 1. The Bertz CT molecular complexity index is 136. The zero-order chi connectivity index (χ0) is 7.73. The molecule has 0 radical (unpaired) electrons. The molecule has 2 aliphatic rings. The molecule has 2 fully saturated rings. The molecule has 64 valence electrons.